The maximum Gasteiger partial charge on any atom is 0.327 e. The summed E-state index contributed by atoms with van der Waals surface area (Å²) in [5, 5.41) is 7.74. The van der Waals surface area contributed by atoms with Crippen molar-refractivity contribution in [2.24, 2.45) is 5.90 Å². The van der Waals surface area contributed by atoms with Crippen LogP contribution in [0.4, 0.5) is 0 Å². The molecule has 0 bridgehead atoms. The highest BCUT2D eigenvalue weighted by Crippen LogP contribution is 2.13. The van der Waals surface area contributed by atoms with Crippen LogP contribution in [0.5, 0.6) is 0 Å². The van der Waals surface area contributed by atoms with Gasteiger partial charge in [0.05, 0.1) is 26.2 Å². The van der Waals surface area contributed by atoms with Gasteiger partial charge in [-0.2, -0.15) is 18.6 Å². The van der Waals surface area contributed by atoms with E-state index in [9.17, 15) is 23.1 Å². The monoisotopic (exact) mass is 577 g/mol. The Morgan fingerprint density at radius 1 is 0.872 bits per heavy atom. The molecule has 0 saturated carbocycles. The first-order valence-electron chi connectivity index (χ1n) is 14.2. The first-order chi connectivity index (χ1) is 18.8. The van der Waals surface area contributed by atoms with Gasteiger partial charge in [0, 0.05) is 0 Å². The molecule has 0 heterocycles. The molecule has 0 saturated heterocycles. The van der Waals surface area contributed by atoms with Gasteiger partial charge >= 0.3 is 11.9 Å². The fraction of sp³-hybridized carbons (Fsp3) is 0.786. The van der Waals surface area contributed by atoms with E-state index in [0.29, 0.717) is 6.42 Å². The van der Waals surface area contributed by atoms with Gasteiger partial charge < -0.3 is 19.3 Å². The van der Waals surface area contributed by atoms with E-state index >= 15 is 0 Å². The Kier molecular flexibility index (Phi) is 24.0. The van der Waals surface area contributed by atoms with Crippen molar-refractivity contribution in [2.75, 3.05) is 26.4 Å². The van der Waals surface area contributed by atoms with Gasteiger partial charge in [-0.3, -0.25) is 9.59 Å². The van der Waals surface area contributed by atoms with Crippen molar-refractivity contribution in [1.82, 2.24) is 0 Å². The number of carbonyl (C=O) groups is 2. The van der Waals surface area contributed by atoms with E-state index in [1.165, 1.54) is 51.0 Å². The Labute approximate surface area is 235 Å². The highest BCUT2D eigenvalue weighted by Gasteiger charge is 2.37. The third-order valence-corrected chi connectivity index (χ3v) is 7.30. The van der Waals surface area contributed by atoms with Gasteiger partial charge in [-0.1, -0.05) is 82.9 Å². The smallest absolute Gasteiger partial charge is 0.327 e. The molecule has 228 valence electrons. The number of ether oxygens (including phenoxy) is 3. The Bertz CT molecular complexity index is 771. The SMILES string of the molecule is C=CCOCC(O)COC(=O)CC(C(=O)OCCCCCCCC/C=C/CCCCCCCC)S(=O)(=O)ON. The second-order valence-corrected chi connectivity index (χ2v) is 11.3. The summed E-state index contributed by atoms with van der Waals surface area (Å²) < 4.78 is 42.9. The minimum absolute atomic E-state index is 0.0189. The first kappa shape index (κ1) is 37.2. The fourth-order valence-corrected chi connectivity index (χ4v) is 4.50. The Morgan fingerprint density at radius 3 is 2.00 bits per heavy atom. The lowest BCUT2D eigenvalue weighted by Gasteiger charge is -2.15. The Morgan fingerprint density at radius 2 is 1.44 bits per heavy atom. The fourth-order valence-electron chi connectivity index (χ4n) is 3.72. The number of nitrogens with two attached hydrogens (primary N) is 1. The van der Waals surface area contributed by atoms with Crippen LogP contribution < -0.4 is 5.90 Å². The second-order valence-electron chi connectivity index (χ2n) is 9.55. The predicted molar refractivity (Wildman–Crippen MR) is 151 cm³/mol. The van der Waals surface area contributed by atoms with Gasteiger partial charge in [0.15, 0.2) is 5.25 Å². The molecule has 0 aromatic carbocycles. The largest absolute Gasteiger partial charge is 0.465 e. The molecular formula is C28H51NO9S. The highest BCUT2D eigenvalue weighted by molar-refractivity contribution is 7.88. The molecule has 0 aliphatic carbocycles. The molecule has 0 radical (unpaired) electrons. The van der Waals surface area contributed by atoms with Crippen LogP contribution in [0.2, 0.25) is 0 Å². The van der Waals surface area contributed by atoms with Crippen molar-refractivity contribution >= 4 is 22.1 Å². The van der Waals surface area contributed by atoms with Crippen molar-refractivity contribution < 1.29 is 41.6 Å². The number of aliphatic hydroxyl groups is 1. The first-order valence-corrected chi connectivity index (χ1v) is 15.7. The number of hydrogen-bond donors (Lipinski definition) is 2. The van der Waals surface area contributed by atoms with Crippen molar-refractivity contribution in [3.63, 3.8) is 0 Å². The van der Waals surface area contributed by atoms with Crippen molar-refractivity contribution in [3.05, 3.63) is 24.8 Å². The van der Waals surface area contributed by atoms with Crippen LogP contribution in [0.25, 0.3) is 0 Å². The number of esters is 2. The quantitative estimate of drug-likeness (QED) is 0.0610. The minimum Gasteiger partial charge on any atom is -0.465 e. The molecule has 2 unspecified atom stereocenters. The lowest BCUT2D eigenvalue weighted by molar-refractivity contribution is -0.152. The van der Waals surface area contributed by atoms with Gasteiger partial charge in [-0.05, 0) is 32.1 Å². The molecular weight excluding hydrogens is 526 g/mol. The minimum atomic E-state index is -4.59. The highest BCUT2D eigenvalue weighted by atomic mass is 32.2. The molecule has 0 aliphatic heterocycles. The summed E-state index contributed by atoms with van der Waals surface area (Å²) in [5.74, 6) is 2.62. The molecule has 39 heavy (non-hydrogen) atoms. The molecule has 10 nitrogen and oxygen atoms in total. The molecule has 11 heteroatoms. The van der Waals surface area contributed by atoms with Crippen LogP contribution in [0.15, 0.2) is 24.8 Å². The number of unbranched alkanes of at least 4 members (excludes halogenated alkanes) is 12. The van der Waals surface area contributed by atoms with Crippen LogP contribution in [0.1, 0.15) is 103 Å². The van der Waals surface area contributed by atoms with Crippen molar-refractivity contribution in [1.29, 1.82) is 0 Å². The standard InChI is InChI=1S/C28H51NO9S/c1-3-5-6-7-8-9-10-11-12-13-14-15-16-17-18-19-21-36-28(32)26(39(33,34)38-29)22-27(31)37-24-25(30)23-35-20-4-2/h4,11-12,25-26,30H,2-3,5-10,13-24,29H2,1H3/b12-11+. The molecule has 0 amide bonds. The van der Waals surface area contributed by atoms with Crippen molar-refractivity contribution in [3.8, 4) is 0 Å². The second kappa shape index (κ2) is 25.2. The average molecular weight is 578 g/mol. The summed E-state index contributed by atoms with van der Waals surface area (Å²) in [6, 6.07) is 0. The molecule has 0 rings (SSSR count). The lowest BCUT2D eigenvalue weighted by Crippen LogP contribution is -2.37. The zero-order valence-corrected chi connectivity index (χ0v) is 24.5. The molecule has 3 N–H and O–H groups in total. The summed E-state index contributed by atoms with van der Waals surface area (Å²) >= 11 is 0. The van der Waals surface area contributed by atoms with Gasteiger partial charge in [-0.25, -0.2) is 0 Å². The maximum absolute atomic E-state index is 12.3. The molecule has 2 atom stereocenters. The van der Waals surface area contributed by atoms with E-state index in [4.69, 9.17) is 20.1 Å². The van der Waals surface area contributed by atoms with Crippen LogP contribution in [0, 0.1) is 0 Å². The number of rotatable bonds is 27. The summed E-state index contributed by atoms with van der Waals surface area (Å²) in [7, 11) is -4.59. The van der Waals surface area contributed by atoms with E-state index < -0.39 is 46.4 Å². The average Bonchev–Trinajstić information content (AvgIpc) is 2.92. The van der Waals surface area contributed by atoms with E-state index in [1.54, 1.807) is 0 Å². The van der Waals surface area contributed by atoms with Gasteiger partial charge in [0.2, 0.25) is 0 Å². The Hall–Kier alpha value is -1.79. The van der Waals surface area contributed by atoms with Gasteiger partial charge in [0.25, 0.3) is 10.1 Å². The molecule has 0 fully saturated rings. The molecule has 0 aromatic rings. The number of allylic oxidation sites excluding steroid dienone is 2. The van der Waals surface area contributed by atoms with Crippen molar-refractivity contribution in [2.45, 2.75) is 115 Å². The van der Waals surface area contributed by atoms with E-state index in [0.717, 1.165) is 38.5 Å². The summed E-state index contributed by atoms with van der Waals surface area (Å²) in [6.45, 7) is 5.38. The van der Waals surface area contributed by atoms with E-state index in [-0.39, 0.29) is 19.8 Å². The zero-order chi connectivity index (χ0) is 29.2. The molecule has 0 aliphatic rings. The summed E-state index contributed by atoms with van der Waals surface area (Å²) in [6.07, 6.45) is 20.0. The lowest BCUT2D eigenvalue weighted by atomic mass is 10.1. The summed E-state index contributed by atoms with van der Waals surface area (Å²) in [4.78, 5) is 24.4. The molecule has 0 aromatic heterocycles. The maximum atomic E-state index is 12.3. The van der Waals surface area contributed by atoms with Gasteiger partial charge in [-0.15, -0.1) is 6.58 Å². The third kappa shape index (κ3) is 21.7. The van der Waals surface area contributed by atoms with Crippen LogP contribution in [-0.2, 0) is 38.2 Å². The predicted octanol–water partition coefficient (Wildman–Crippen LogP) is 4.65. The number of hydrogen-bond acceptors (Lipinski definition) is 10. The topological polar surface area (TPSA) is 151 Å². The van der Waals surface area contributed by atoms with Crippen LogP contribution >= 0.6 is 0 Å². The third-order valence-electron chi connectivity index (χ3n) is 5.98. The van der Waals surface area contributed by atoms with Crippen LogP contribution in [-0.4, -0.2) is 63.2 Å². The normalized spacial score (nSPS) is 13.3. The number of carbonyl (C=O) groups excluding carboxylic acids is 2. The van der Waals surface area contributed by atoms with Crippen LogP contribution in [0.3, 0.4) is 0 Å². The zero-order valence-electron chi connectivity index (χ0n) is 23.7. The van der Waals surface area contributed by atoms with E-state index in [1.807, 2.05) is 0 Å². The number of aliphatic hydroxyl groups excluding tert-OH is 1. The van der Waals surface area contributed by atoms with Gasteiger partial charge in [0.1, 0.15) is 12.7 Å². The molecule has 0 spiro atoms. The van der Waals surface area contributed by atoms with E-state index in [2.05, 4.69) is 29.9 Å². The Balaban J connectivity index is 4.05. The summed E-state index contributed by atoms with van der Waals surface area (Å²) in [5.41, 5.74) is 0.